The van der Waals surface area contributed by atoms with E-state index < -0.39 is 21.3 Å². The molecule has 1 amide bonds. The van der Waals surface area contributed by atoms with Crippen LogP contribution in [0.2, 0.25) is 0 Å². The third-order valence-corrected chi connectivity index (χ3v) is 4.87. The van der Waals surface area contributed by atoms with Gasteiger partial charge in [-0.2, -0.15) is 0 Å². The van der Waals surface area contributed by atoms with Crippen LogP contribution in [0.25, 0.3) is 0 Å². The van der Waals surface area contributed by atoms with Gasteiger partial charge in [0.2, 0.25) is 0 Å². The van der Waals surface area contributed by atoms with E-state index in [2.05, 4.69) is 20.9 Å². The zero-order valence-electron chi connectivity index (χ0n) is 10.4. The number of anilines is 1. The summed E-state index contributed by atoms with van der Waals surface area (Å²) in [6.45, 7) is 1.71. The molecule has 1 fully saturated rings. The molecule has 0 bridgehead atoms. The maximum Gasteiger partial charge on any atom is 0.272 e. The summed E-state index contributed by atoms with van der Waals surface area (Å²) in [5.41, 5.74) is 1.67. The molecule has 1 saturated heterocycles. The lowest BCUT2D eigenvalue weighted by Gasteiger charge is -2.23. The average Bonchev–Trinajstić information content (AvgIpc) is 2.63. The molecule has 9 heteroatoms. The predicted octanol–water partition coefficient (Wildman–Crippen LogP) is -0.931. The molecule has 4 N–H and O–H groups in total. The van der Waals surface area contributed by atoms with Crippen molar-refractivity contribution in [1.82, 2.24) is 15.5 Å². The zero-order chi connectivity index (χ0) is 14.1. The molecule has 104 valence electrons. The van der Waals surface area contributed by atoms with Crippen LogP contribution in [0.3, 0.4) is 0 Å². The molecule has 0 spiro atoms. The van der Waals surface area contributed by atoms with E-state index in [1.54, 1.807) is 6.92 Å². The van der Waals surface area contributed by atoms with Gasteiger partial charge in [-0.3, -0.25) is 4.79 Å². The standard InChI is InChI=1S/C10H15N5O3S/c1-10(4-5-19(17,18)6-10)12-9(16)7-2-3-8(13-11)15-14-7/h2-3H,4-6,11H2,1H3,(H,12,16)(H,13,15). The molecule has 1 atom stereocenters. The van der Waals surface area contributed by atoms with Gasteiger partial charge >= 0.3 is 0 Å². The second kappa shape index (κ2) is 4.74. The Hall–Kier alpha value is -1.74. The Balaban J connectivity index is 2.08. The van der Waals surface area contributed by atoms with E-state index in [-0.39, 0.29) is 17.2 Å². The van der Waals surface area contributed by atoms with Gasteiger partial charge in [0.25, 0.3) is 5.91 Å². The molecule has 0 aromatic carbocycles. The lowest BCUT2D eigenvalue weighted by Crippen LogP contribution is -2.47. The Labute approximate surface area is 110 Å². The molecule has 1 aliphatic heterocycles. The normalized spacial score (nSPS) is 24.9. The Morgan fingerprint density at radius 1 is 1.42 bits per heavy atom. The van der Waals surface area contributed by atoms with Crippen molar-refractivity contribution in [2.24, 2.45) is 5.84 Å². The van der Waals surface area contributed by atoms with Crippen LogP contribution in [0, 0.1) is 0 Å². The minimum atomic E-state index is -3.07. The van der Waals surface area contributed by atoms with Crippen molar-refractivity contribution < 1.29 is 13.2 Å². The number of hydrogen-bond donors (Lipinski definition) is 3. The van der Waals surface area contributed by atoms with Crippen molar-refractivity contribution in [2.45, 2.75) is 18.9 Å². The first-order valence-electron chi connectivity index (χ1n) is 5.67. The number of carbonyl (C=O) groups excluding carboxylic acids is 1. The van der Waals surface area contributed by atoms with Crippen molar-refractivity contribution in [3.05, 3.63) is 17.8 Å². The Bertz CT molecular complexity index is 586. The second-order valence-electron chi connectivity index (χ2n) is 4.80. The molecule has 0 saturated carbocycles. The van der Waals surface area contributed by atoms with Gasteiger partial charge in [0.15, 0.2) is 21.3 Å². The van der Waals surface area contributed by atoms with Gasteiger partial charge < -0.3 is 10.7 Å². The molecule has 1 unspecified atom stereocenters. The minimum absolute atomic E-state index is 0.0540. The topological polar surface area (TPSA) is 127 Å². The number of nitrogens with one attached hydrogen (secondary N) is 2. The van der Waals surface area contributed by atoms with Crippen LogP contribution in [0.1, 0.15) is 23.8 Å². The fraction of sp³-hybridized carbons (Fsp3) is 0.500. The van der Waals surface area contributed by atoms with Crippen LogP contribution in [-0.4, -0.2) is 41.6 Å². The van der Waals surface area contributed by atoms with E-state index in [9.17, 15) is 13.2 Å². The number of nitrogens with zero attached hydrogens (tertiary/aromatic N) is 2. The fourth-order valence-corrected chi connectivity index (χ4v) is 4.07. The Morgan fingerprint density at radius 3 is 2.63 bits per heavy atom. The van der Waals surface area contributed by atoms with Gasteiger partial charge in [-0.15, -0.1) is 10.2 Å². The van der Waals surface area contributed by atoms with E-state index in [4.69, 9.17) is 5.84 Å². The first kappa shape index (κ1) is 13.7. The smallest absolute Gasteiger partial charge is 0.272 e. The summed E-state index contributed by atoms with van der Waals surface area (Å²) in [5.74, 6) is 5.06. The molecule has 1 aromatic heterocycles. The van der Waals surface area contributed by atoms with Crippen molar-refractivity contribution in [1.29, 1.82) is 0 Å². The van der Waals surface area contributed by atoms with Crippen LogP contribution >= 0.6 is 0 Å². The number of hydrogen-bond acceptors (Lipinski definition) is 7. The minimum Gasteiger partial charge on any atom is -0.344 e. The van der Waals surface area contributed by atoms with Crippen LogP contribution < -0.4 is 16.6 Å². The Morgan fingerprint density at radius 2 is 2.16 bits per heavy atom. The molecular formula is C10H15N5O3S. The van der Waals surface area contributed by atoms with Gasteiger partial charge in [0, 0.05) is 0 Å². The van der Waals surface area contributed by atoms with Crippen molar-refractivity contribution in [2.75, 3.05) is 16.9 Å². The van der Waals surface area contributed by atoms with Gasteiger partial charge in [-0.05, 0) is 25.5 Å². The number of amides is 1. The second-order valence-corrected chi connectivity index (χ2v) is 6.99. The largest absolute Gasteiger partial charge is 0.344 e. The van der Waals surface area contributed by atoms with Crippen molar-refractivity contribution >= 4 is 21.6 Å². The maximum atomic E-state index is 12.0. The van der Waals surface area contributed by atoms with Gasteiger partial charge in [0.1, 0.15) is 0 Å². The summed E-state index contributed by atoms with van der Waals surface area (Å²) < 4.78 is 22.9. The van der Waals surface area contributed by atoms with E-state index in [1.807, 2.05) is 0 Å². The van der Waals surface area contributed by atoms with E-state index in [1.165, 1.54) is 12.1 Å². The number of aromatic nitrogens is 2. The van der Waals surface area contributed by atoms with Crippen LogP contribution in [0.5, 0.6) is 0 Å². The molecule has 1 aliphatic rings. The predicted molar refractivity (Wildman–Crippen MR) is 69.0 cm³/mol. The van der Waals surface area contributed by atoms with Crippen LogP contribution in [0.15, 0.2) is 12.1 Å². The van der Waals surface area contributed by atoms with Crippen molar-refractivity contribution in [3.8, 4) is 0 Å². The molecule has 19 heavy (non-hydrogen) atoms. The summed E-state index contributed by atoms with van der Waals surface area (Å²) in [5, 5.41) is 10.1. The lowest BCUT2D eigenvalue weighted by molar-refractivity contribution is 0.0909. The highest BCUT2D eigenvalue weighted by Crippen LogP contribution is 2.23. The summed E-state index contributed by atoms with van der Waals surface area (Å²) in [6, 6.07) is 2.97. The lowest BCUT2D eigenvalue weighted by atomic mass is 10.0. The van der Waals surface area contributed by atoms with Crippen LogP contribution in [-0.2, 0) is 9.84 Å². The third kappa shape index (κ3) is 3.18. The number of sulfone groups is 1. The number of carbonyl (C=O) groups is 1. The number of hydrazine groups is 1. The van der Waals surface area contributed by atoms with E-state index >= 15 is 0 Å². The van der Waals surface area contributed by atoms with Crippen LogP contribution in [0.4, 0.5) is 5.82 Å². The molecule has 2 rings (SSSR count). The maximum absolute atomic E-state index is 12.0. The summed E-state index contributed by atoms with van der Waals surface area (Å²) in [7, 11) is -3.07. The summed E-state index contributed by atoms with van der Waals surface area (Å²) >= 11 is 0. The molecule has 8 nitrogen and oxygen atoms in total. The highest BCUT2D eigenvalue weighted by Gasteiger charge is 2.39. The SMILES string of the molecule is CC1(NC(=O)c2ccc(NN)nn2)CCS(=O)(=O)C1. The van der Waals surface area contributed by atoms with Gasteiger partial charge in [0.05, 0.1) is 17.0 Å². The summed E-state index contributed by atoms with van der Waals surface area (Å²) in [6.07, 6.45) is 0.400. The Kier molecular flexibility index (Phi) is 3.42. The van der Waals surface area contributed by atoms with E-state index in [0.29, 0.717) is 12.2 Å². The number of rotatable bonds is 3. The number of nitrogens with two attached hydrogens (primary N) is 1. The fourth-order valence-electron chi connectivity index (χ4n) is 1.98. The highest BCUT2D eigenvalue weighted by atomic mass is 32.2. The molecule has 1 aromatic rings. The third-order valence-electron chi connectivity index (χ3n) is 2.96. The van der Waals surface area contributed by atoms with Gasteiger partial charge in [-0.1, -0.05) is 0 Å². The summed E-state index contributed by atoms with van der Waals surface area (Å²) in [4.78, 5) is 12.0. The first-order chi connectivity index (χ1) is 8.84. The highest BCUT2D eigenvalue weighted by molar-refractivity contribution is 7.91. The molecule has 0 radical (unpaired) electrons. The monoisotopic (exact) mass is 285 g/mol. The van der Waals surface area contributed by atoms with E-state index in [0.717, 1.165) is 0 Å². The van der Waals surface area contributed by atoms with Crippen molar-refractivity contribution in [3.63, 3.8) is 0 Å². The average molecular weight is 285 g/mol. The molecule has 2 heterocycles. The number of nitrogen functional groups attached to an aromatic ring is 1. The van der Waals surface area contributed by atoms with Gasteiger partial charge in [-0.25, -0.2) is 14.3 Å². The molecular weight excluding hydrogens is 270 g/mol. The first-order valence-corrected chi connectivity index (χ1v) is 7.49. The quantitative estimate of drug-likeness (QED) is 0.483. The molecule has 0 aliphatic carbocycles. The zero-order valence-corrected chi connectivity index (χ0v) is 11.2.